The molecular formula is C17H17BrCl2N2O2S. The fraction of sp³-hybridized carbons (Fsp3) is 0.294. The van der Waals surface area contributed by atoms with Crippen LogP contribution in [0.15, 0.2) is 45.8 Å². The van der Waals surface area contributed by atoms with Gasteiger partial charge in [0.25, 0.3) is 0 Å². The van der Waals surface area contributed by atoms with Gasteiger partial charge in [0, 0.05) is 35.7 Å². The molecule has 2 aromatic rings. The van der Waals surface area contributed by atoms with Crippen molar-refractivity contribution in [2.45, 2.75) is 11.8 Å². The van der Waals surface area contributed by atoms with Crippen molar-refractivity contribution in [3.8, 4) is 0 Å². The number of rotatable bonds is 3. The van der Waals surface area contributed by atoms with Crippen molar-refractivity contribution in [2.24, 2.45) is 0 Å². The molecule has 0 saturated carbocycles. The SMILES string of the molecule is Cc1cc(S(=O)(=O)N2CCN(c3cc(Cl)ccc3Cl)CC2)ccc1Br. The highest BCUT2D eigenvalue weighted by atomic mass is 79.9. The molecule has 8 heteroatoms. The Labute approximate surface area is 166 Å². The van der Waals surface area contributed by atoms with Crippen molar-refractivity contribution in [1.82, 2.24) is 4.31 Å². The van der Waals surface area contributed by atoms with Crippen LogP contribution in [0, 0.1) is 6.92 Å². The van der Waals surface area contributed by atoms with Crippen LogP contribution in [0.5, 0.6) is 0 Å². The van der Waals surface area contributed by atoms with Crippen molar-refractivity contribution in [3.05, 3.63) is 56.5 Å². The molecular weight excluding hydrogens is 447 g/mol. The van der Waals surface area contributed by atoms with Gasteiger partial charge in [-0.3, -0.25) is 0 Å². The molecule has 0 unspecified atom stereocenters. The van der Waals surface area contributed by atoms with Crippen LogP contribution in [0.2, 0.25) is 10.0 Å². The predicted octanol–water partition coefficient (Wildman–Crippen LogP) is 4.58. The van der Waals surface area contributed by atoms with E-state index < -0.39 is 10.0 Å². The van der Waals surface area contributed by atoms with E-state index in [-0.39, 0.29) is 0 Å². The quantitative estimate of drug-likeness (QED) is 0.669. The first-order valence-corrected chi connectivity index (χ1v) is 10.7. The van der Waals surface area contributed by atoms with Crippen LogP contribution < -0.4 is 4.90 Å². The Morgan fingerprint density at radius 1 is 1.00 bits per heavy atom. The monoisotopic (exact) mass is 462 g/mol. The molecule has 1 aliphatic rings. The molecule has 0 aromatic heterocycles. The Bertz CT molecular complexity index is 898. The molecule has 1 aliphatic heterocycles. The zero-order valence-corrected chi connectivity index (χ0v) is 17.5. The number of aryl methyl sites for hydroxylation is 1. The van der Waals surface area contributed by atoms with E-state index in [9.17, 15) is 8.42 Å². The molecule has 2 aromatic carbocycles. The molecule has 134 valence electrons. The van der Waals surface area contributed by atoms with Crippen molar-refractivity contribution in [2.75, 3.05) is 31.1 Å². The van der Waals surface area contributed by atoms with Crippen LogP contribution in [0.4, 0.5) is 5.69 Å². The Kier molecular flexibility index (Phi) is 5.66. The number of hydrogen-bond acceptors (Lipinski definition) is 3. The summed E-state index contributed by atoms with van der Waals surface area (Å²) >= 11 is 15.7. The second-order valence-corrected chi connectivity index (χ2v) is 9.53. The maximum absolute atomic E-state index is 12.9. The number of halogens is 3. The summed E-state index contributed by atoms with van der Waals surface area (Å²) < 4.78 is 28.1. The van der Waals surface area contributed by atoms with Crippen molar-refractivity contribution in [3.63, 3.8) is 0 Å². The Balaban J connectivity index is 1.77. The second kappa shape index (κ2) is 7.45. The molecule has 0 amide bonds. The minimum Gasteiger partial charge on any atom is -0.368 e. The molecule has 0 atom stereocenters. The van der Waals surface area contributed by atoms with Gasteiger partial charge in [-0.15, -0.1) is 0 Å². The van der Waals surface area contributed by atoms with Crippen LogP contribution in [0.1, 0.15) is 5.56 Å². The van der Waals surface area contributed by atoms with E-state index in [1.54, 1.807) is 30.3 Å². The average Bonchev–Trinajstić information content (AvgIpc) is 2.59. The largest absolute Gasteiger partial charge is 0.368 e. The first-order valence-electron chi connectivity index (χ1n) is 7.75. The smallest absolute Gasteiger partial charge is 0.243 e. The molecule has 1 heterocycles. The van der Waals surface area contributed by atoms with Crippen LogP contribution in [-0.4, -0.2) is 38.9 Å². The average molecular weight is 464 g/mol. The zero-order valence-electron chi connectivity index (χ0n) is 13.5. The second-order valence-electron chi connectivity index (χ2n) is 5.90. The lowest BCUT2D eigenvalue weighted by molar-refractivity contribution is 0.385. The predicted molar refractivity (Wildman–Crippen MR) is 106 cm³/mol. The minimum absolute atomic E-state index is 0.322. The molecule has 25 heavy (non-hydrogen) atoms. The zero-order chi connectivity index (χ0) is 18.2. The highest BCUT2D eigenvalue weighted by molar-refractivity contribution is 9.10. The Morgan fingerprint density at radius 3 is 2.32 bits per heavy atom. The summed E-state index contributed by atoms with van der Waals surface area (Å²) in [6.45, 7) is 3.81. The molecule has 1 saturated heterocycles. The number of nitrogens with zero attached hydrogens (tertiary/aromatic N) is 2. The standard InChI is InChI=1S/C17H17BrCl2N2O2S/c1-12-10-14(3-4-15(12)18)25(23,24)22-8-6-21(7-9-22)17-11-13(19)2-5-16(17)20/h2-5,10-11H,6-9H2,1H3. The lowest BCUT2D eigenvalue weighted by atomic mass is 10.2. The number of piperazine rings is 1. The van der Waals surface area contributed by atoms with Crippen LogP contribution >= 0.6 is 39.1 Å². The normalized spacial score (nSPS) is 16.2. The number of hydrogen-bond donors (Lipinski definition) is 0. The van der Waals surface area contributed by atoms with Gasteiger partial charge in [-0.25, -0.2) is 8.42 Å². The first kappa shape index (κ1) is 19.0. The fourth-order valence-corrected chi connectivity index (χ4v) is 4.98. The molecule has 0 N–H and O–H groups in total. The van der Waals surface area contributed by atoms with Crippen molar-refractivity contribution < 1.29 is 8.42 Å². The number of benzene rings is 2. The van der Waals surface area contributed by atoms with Crippen LogP contribution in [-0.2, 0) is 10.0 Å². The summed E-state index contributed by atoms with van der Waals surface area (Å²) in [5.74, 6) is 0. The van der Waals surface area contributed by atoms with Gasteiger partial charge < -0.3 is 4.90 Å². The Morgan fingerprint density at radius 2 is 1.68 bits per heavy atom. The number of anilines is 1. The summed E-state index contributed by atoms with van der Waals surface area (Å²) in [5.41, 5.74) is 1.73. The van der Waals surface area contributed by atoms with E-state index in [0.717, 1.165) is 15.7 Å². The van der Waals surface area contributed by atoms with Gasteiger partial charge in [-0.1, -0.05) is 39.1 Å². The van der Waals surface area contributed by atoms with Crippen LogP contribution in [0.25, 0.3) is 0 Å². The van der Waals surface area contributed by atoms with Crippen molar-refractivity contribution >= 4 is 54.8 Å². The maximum Gasteiger partial charge on any atom is 0.243 e. The maximum atomic E-state index is 12.9. The summed E-state index contributed by atoms with van der Waals surface area (Å²) in [7, 11) is -3.50. The molecule has 3 rings (SSSR count). The minimum atomic E-state index is -3.50. The van der Waals surface area contributed by atoms with Crippen molar-refractivity contribution in [1.29, 1.82) is 0 Å². The lowest BCUT2D eigenvalue weighted by Gasteiger charge is -2.35. The molecule has 4 nitrogen and oxygen atoms in total. The summed E-state index contributed by atoms with van der Waals surface area (Å²) in [4.78, 5) is 2.38. The van der Waals surface area contributed by atoms with Gasteiger partial charge >= 0.3 is 0 Å². The molecule has 1 fully saturated rings. The highest BCUT2D eigenvalue weighted by Crippen LogP contribution is 2.30. The molecule has 0 bridgehead atoms. The van der Waals surface area contributed by atoms with E-state index in [2.05, 4.69) is 20.8 Å². The van der Waals surface area contributed by atoms with E-state index >= 15 is 0 Å². The Hall–Kier alpha value is -0.790. The third-order valence-electron chi connectivity index (χ3n) is 4.25. The summed E-state index contributed by atoms with van der Waals surface area (Å²) in [5, 5.41) is 1.23. The van der Waals surface area contributed by atoms with Crippen LogP contribution in [0.3, 0.4) is 0 Å². The highest BCUT2D eigenvalue weighted by Gasteiger charge is 2.29. The lowest BCUT2D eigenvalue weighted by Crippen LogP contribution is -2.48. The van der Waals surface area contributed by atoms with E-state index in [1.165, 1.54) is 4.31 Å². The van der Waals surface area contributed by atoms with Gasteiger partial charge in [-0.05, 0) is 48.9 Å². The fourth-order valence-electron chi connectivity index (χ4n) is 2.82. The molecule has 0 aliphatic carbocycles. The molecule has 0 radical (unpaired) electrons. The van der Waals surface area contributed by atoms with Gasteiger partial charge in [0.05, 0.1) is 15.6 Å². The summed E-state index contributed by atoms with van der Waals surface area (Å²) in [6, 6.07) is 10.4. The van der Waals surface area contributed by atoms with E-state index in [4.69, 9.17) is 23.2 Å². The number of sulfonamides is 1. The van der Waals surface area contributed by atoms with Gasteiger partial charge in [0.15, 0.2) is 0 Å². The van der Waals surface area contributed by atoms with E-state index in [1.807, 2.05) is 13.0 Å². The topological polar surface area (TPSA) is 40.6 Å². The van der Waals surface area contributed by atoms with E-state index in [0.29, 0.717) is 41.1 Å². The van der Waals surface area contributed by atoms with Gasteiger partial charge in [-0.2, -0.15) is 4.31 Å². The first-order chi connectivity index (χ1) is 11.8. The van der Waals surface area contributed by atoms with Gasteiger partial charge in [0.2, 0.25) is 10.0 Å². The van der Waals surface area contributed by atoms with Gasteiger partial charge in [0.1, 0.15) is 0 Å². The third kappa shape index (κ3) is 3.98. The molecule has 0 spiro atoms. The summed E-state index contributed by atoms with van der Waals surface area (Å²) in [6.07, 6.45) is 0. The third-order valence-corrected chi connectivity index (χ3v) is 7.59.